The lowest BCUT2D eigenvalue weighted by Crippen LogP contribution is -2.34. The summed E-state index contributed by atoms with van der Waals surface area (Å²) in [6, 6.07) is 1.99. The predicted octanol–water partition coefficient (Wildman–Crippen LogP) is 3.21. The van der Waals surface area contributed by atoms with Gasteiger partial charge in [0.2, 0.25) is 0 Å². The van der Waals surface area contributed by atoms with Crippen molar-refractivity contribution in [1.82, 2.24) is 9.71 Å². The fourth-order valence-electron chi connectivity index (χ4n) is 1.28. The van der Waals surface area contributed by atoms with Gasteiger partial charge in [0.15, 0.2) is 0 Å². The van der Waals surface area contributed by atoms with Crippen LogP contribution >= 0.6 is 0 Å². The fourth-order valence-corrected chi connectivity index (χ4v) is 2.09. The second kappa shape index (κ2) is 5.58. The van der Waals surface area contributed by atoms with Crippen molar-refractivity contribution in [3.63, 3.8) is 0 Å². The summed E-state index contributed by atoms with van der Waals surface area (Å²) in [5.41, 5.74) is -0.542. The van der Waals surface area contributed by atoms with Crippen LogP contribution in [-0.4, -0.2) is 13.9 Å². The Bertz CT molecular complexity index is 469. The van der Waals surface area contributed by atoms with Gasteiger partial charge in [-0.2, -0.15) is 13.2 Å². The van der Waals surface area contributed by atoms with Crippen LogP contribution in [0.15, 0.2) is 18.3 Å². The van der Waals surface area contributed by atoms with Crippen molar-refractivity contribution in [3.8, 4) is 0 Å². The molecular weight excluding hydrogens is 277 g/mol. The minimum absolute atomic E-state index is 0.403. The lowest BCUT2D eigenvalue weighted by Gasteiger charge is -2.22. The Labute approximate surface area is 113 Å². The van der Waals surface area contributed by atoms with Crippen LogP contribution < -0.4 is 4.72 Å². The van der Waals surface area contributed by atoms with E-state index >= 15 is 0 Å². The van der Waals surface area contributed by atoms with Crippen molar-refractivity contribution < 1.29 is 17.4 Å². The average molecular weight is 294 g/mol. The highest BCUT2D eigenvalue weighted by molar-refractivity contribution is 7.84. The Hall–Kier alpha value is -0.950. The number of halogens is 3. The molecule has 1 heterocycles. The van der Waals surface area contributed by atoms with Crippen molar-refractivity contribution in [2.75, 3.05) is 0 Å². The van der Waals surface area contributed by atoms with Crippen LogP contribution in [0.3, 0.4) is 0 Å². The zero-order chi connectivity index (χ0) is 14.8. The molecule has 1 N–H and O–H groups in total. The molecule has 0 aliphatic carbocycles. The number of hydrogen-bond donors (Lipinski definition) is 1. The van der Waals surface area contributed by atoms with Crippen LogP contribution in [0.5, 0.6) is 0 Å². The van der Waals surface area contributed by atoms with Gasteiger partial charge in [-0.05, 0) is 45.4 Å². The Kier molecular flexibility index (Phi) is 4.73. The van der Waals surface area contributed by atoms with Crippen molar-refractivity contribution in [1.29, 1.82) is 0 Å². The Morgan fingerprint density at radius 2 is 1.89 bits per heavy atom. The Balaban J connectivity index is 2.89. The molecule has 0 radical (unpaired) electrons. The number of hydrogen-bond acceptors (Lipinski definition) is 2. The van der Waals surface area contributed by atoms with Crippen LogP contribution in [0.1, 0.15) is 45.0 Å². The maximum absolute atomic E-state index is 12.5. The molecule has 0 aliphatic rings. The van der Waals surface area contributed by atoms with Gasteiger partial charge in [-0.3, -0.25) is 4.98 Å². The number of nitrogens with zero attached hydrogens (tertiary/aromatic N) is 1. The zero-order valence-electron chi connectivity index (χ0n) is 11.2. The third-order valence-electron chi connectivity index (χ3n) is 2.41. The van der Waals surface area contributed by atoms with Gasteiger partial charge in [0.05, 0.1) is 15.7 Å². The third kappa shape index (κ3) is 4.58. The fraction of sp³-hybridized carbons (Fsp3) is 0.583. The van der Waals surface area contributed by atoms with E-state index in [2.05, 4.69) is 9.71 Å². The molecule has 0 bridgehead atoms. The van der Waals surface area contributed by atoms with Crippen LogP contribution in [-0.2, 0) is 17.2 Å². The van der Waals surface area contributed by atoms with E-state index < -0.39 is 33.6 Å². The molecule has 1 aromatic heterocycles. The molecule has 0 saturated heterocycles. The van der Waals surface area contributed by atoms with E-state index in [9.17, 15) is 17.4 Å². The third-order valence-corrected chi connectivity index (χ3v) is 4.09. The smallest absolute Gasteiger partial charge is 0.252 e. The van der Waals surface area contributed by atoms with Gasteiger partial charge in [0, 0.05) is 12.2 Å². The summed E-state index contributed by atoms with van der Waals surface area (Å²) in [6.45, 7) is 7.03. The molecule has 0 aromatic carbocycles. The standard InChI is InChI=1S/C12H17F3N2OS/c1-8(17-19(18)11(2,3)4)9-5-6-16-10(7-9)12(13,14)15/h5-8,17H,1-4H3/t8-,19?/m1/s1. The molecule has 1 aromatic rings. The van der Waals surface area contributed by atoms with Crippen LogP contribution in [0.4, 0.5) is 13.2 Å². The monoisotopic (exact) mass is 294 g/mol. The van der Waals surface area contributed by atoms with Gasteiger partial charge in [-0.15, -0.1) is 0 Å². The van der Waals surface area contributed by atoms with E-state index in [4.69, 9.17) is 0 Å². The predicted molar refractivity (Wildman–Crippen MR) is 68.7 cm³/mol. The minimum Gasteiger partial charge on any atom is -0.252 e. The summed E-state index contributed by atoms with van der Waals surface area (Å²) in [5, 5.41) is 0. The van der Waals surface area contributed by atoms with Crippen molar-refractivity contribution in [2.45, 2.75) is 44.7 Å². The summed E-state index contributed by atoms with van der Waals surface area (Å²) in [7, 11) is -1.35. The highest BCUT2D eigenvalue weighted by Crippen LogP contribution is 2.29. The molecular formula is C12H17F3N2OS. The van der Waals surface area contributed by atoms with E-state index in [1.807, 2.05) is 0 Å². The summed E-state index contributed by atoms with van der Waals surface area (Å²) in [4.78, 5) is 3.29. The van der Waals surface area contributed by atoms with Crippen LogP contribution in [0.25, 0.3) is 0 Å². The first-order valence-corrected chi connectivity index (χ1v) is 6.88. The normalized spacial score (nSPS) is 16.2. The van der Waals surface area contributed by atoms with E-state index in [-0.39, 0.29) is 0 Å². The molecule has 0 fully saturated rings. The zero-order valence-corrected chi connectivity index (χ0v) is 12.0. The first-order chi connectivity index (χ1) is 8.51. The Morgan fingerprint density at radius 3 is 2.37 bits per heavy atom. The number of nitrogens with one attached hydrogen (secondary N) is 1. The topological polar surface area (TPSA) is 42.0 Å². The van der Waals surface area contributed by atoms with Gasteiger partial charge in [0.1, 0.15) is 5.69 Å². The number of rotatable bonds is 3. The molecule has 108 valence electrons. The lowest BCUT2D eigenvalue weighted by atomic mass is 10.1. The number of aromatic nitrogens is 1. The van der Waals surface area contributed by atoms with Crippen molar-refractivity contribution in [2.24, 2.45) is 0 Å². The maximum atomic E-state index is 12.5. The second-order valence-electron chi connectivity index (χ2n) is 5.19. The van der Waals surface area contributed by atoms with E-state index in [1.54, 1.807) is 27.7 Å². The van der Waals surface area contributed by atoms with Crippen molar-refractivity contribution in [3.05, 3.63) is 29.6 Å². The molecule has 0 aliphatic heterocycles. The summed E-state index contributed by atoms with van der Waals surface area (Å²) >= 11 is 0. The quantitative estimate of drug-likeness (QED) is 0.930. The lowest BCUT2D eigenvalue weighted by molar-refractivity contribution is -0.141. The summed E-state index contributed by atoms with van der Waals surface area (Å²) in [6.07, 6.45) is -3.37. The average Bonchev–Trinajstić information content (AvgIpc) is 2.26. The van der Waals surface area contributed by atoms with E-state index in [0.29, 0.717) is 5.56 Å². The van der Waals surface area contributed by atoms with Gasteiger partial charge < -0.3 is 0 Å². The van der Waals surface area contributed by atoms with Crippen LogP contribution in [0.2, 0.25) is 0 Å². The van der Waals surface area contributed by atoms with E-state index in [0.717, 1.165) is 12.3 Å². The van der Waals surface area contributed by atoms with Gasteiger partial charge in [0.25, 0.3) is 0 Å². The largest absolute Gasteiger partial charge is 0.433 e. The molecule has 7 heteroatoms. The van der Waals surface area contributed by atoms with Gasteiger partial charge in [-0.25, -0.2) is 8.93 Å². The first-order valence-electron chi connectivity index (χ1n) is 5.73. The summed E-state index contributed by atoms with van der Waals surface area (Å²) < 4.78 is 51.8. The first kappa shape index (κ1) is 16.1. The number of pyridine rings is 1. The molecule has 3 nitrogen and oxygen atoms in total. The molecule has 0 amide bonds. The maximum Gasteiger partial charge on any atom is 0.433 e. The molecule has 0 saturated carbocycles. The number of alkyl halides is 3. The summed E-state index contributed by atoms with van der Waals surface area (Å²) in [5.74, 6) is 0. The highest BCUT2D eigenvalue weighted by atomic mass is 32.2. The van der Waals surface area contributed by atoms with Gasteiger partial charge >= 0.3 is 6.18 Å². The van der Waals surface area contributed by atoms with Gasteiger partial charge in [-0.1, -0.05) is 0 Å². The minimum atomic E-state index is -4.47. The van der Waals surface area contributed by atoms with Crippen molar-refractivity contribution >= 4 is 11.0 Å². The van der Waals surface area contributed by atoms with E-state index in [1.165, 1.54) is 6.07 Å². The molecule has 0 spiro atoms. The highest BCUT2D eigenvalue weighted by Gasteiger charge is 2.33. The SMILES string of the molecule is C[C@@H](NS(=O)C(C)(C)C)c1ccnc(C(F)(F)F)c1. The molecule has 2 atom stereocenters. The second-order valence-corrected chi connectivity index (χ2v) is 7.19. The molecule has 19 heavy (non-hydrogen) atoms. The molecule has 1 unspecified atom stereocenters. The molecule has 1 rings (SSSR count). The Morgan fingerprint density at radius 1 is 1.32 bits per heavy atom. The van der Waals surface area contributed by atoms with Crippen LogP contribution in [0, 0.1) is 0 Å².